The molecule has 7 nitrogen and oxygen atoms in total. The molecule has 0 N–H and O–H groups in total. The van der Waals surface area contributed by atoms with E-state index in [-0.39, 0.29) is 29.9 Å². The Morgan fingerprint density at radius 2 is 1.83 bits per heavy atom. The highest BCUT2D eigenvalue weighted by molar-refractivity contribution is 6.15. The Morgan fingerprint density at radius 3 is 2.64 bits per heavy atom. The number of esters is 1. The molecule has 0 aliphatic carbocycles. The molecule has 0 fully saturated rings. The number of Topliss-reactive ketones (excluding diaryl/α,β-unsaturated/α-hetero) is 1. The molecule has 2 aliphatic heterocycles. The largest absolute Gasteiger partial charge is 0.497 e. The van der Waals surface area contributed by atoms with Crippen molar-refractivity contribution in [3.8, 4) is 23.0 Å². The highest BCUT2D eigenvalue weighted by Gasteiger charge is 2.39. The molecule has 0 saturated carbocycles. The Bertz CT molecular complexity index is 1600. The molecule has 0 bridgehead atoms. The fourth-order valence-electron chi connectivity index (χ4n) is 5.11. The van der Waals surface area contributed by atoms with Crippen molar-refractivity contribution in [3.63, 3.8) is 0 Å². The number of hydrogen-bond donors (Lipinski definition) is 0. The third kappa shape index (κ3) is 3.35. The van der Waals surface area contributed by atoms with E-state index in [9.17, 15) is 9.59 Å². The predicted octanol–water partition coefficient (Wildman–Crippen LogP) is 5.25. The van der Waals surface area contributed by atoms with Crippen molar-refractivity contribution >= 4 is 28.7 Å². The van der Waals surface area contributed by atoms with Crippen molar-refractivity contribution < 1.29 is 28.5 Å². The lowest BCUT2D eigenvalue weighted by Crippen LogP contribution is -2.22. The Kier molecular flexibility index (Phi) is 5.07. The van der Waals surface area contributed by atoms with Crippen LogP contribution in [0.4, 0.5) is 0 Å². The first-order valence-corrected chi connectivity index (χ1v) is 11.6. The molecule has 180 valence electrons. The summed E-state index contributed by atoms with van der Waals surface area (Å²) in [6, 6.07) is 16.7. The van der Waals surface area contributed by atoms with Gasteiger partial charge >= 0.3 is 5.97 Å². The fraction of sp³-hybridized carbons (Fsp3) is 0.172. The van der Waals surface area contributed by atoms with Gasteiger partial charge in [0.2, 0.25) is 5.78 Å². The molecule has 0 spiro atoms. The molecule has 36 heavy (non-hydrogen) atoms. The van der Waals surface area contributed by atoms with Gasteiger partial charge in [-0.2, -0.15) is 0 Å². The summed E-state index contributed by atoms with van der Waals surface area (Å²) in [4.78, 5) is 25.9. The van der Waals surface area contributed by atoms with Crippen molar-refractivity contribution in [2.45, 2.75) is 12.3 Å². The summed E-state index contributed by atoms with van der Waals surface area (Å²) >= 11 is 0. The molecule has 2 aliphatic rings. The Labute approximate surface area is 207 Å². The number of rotatable bonds is 4. The van der Waals surface area contributed by atoms with Crippen LogP contribution < -0.4 is 18.9 Å². The third-order valence-electron chi connectivity index (χ3n) is 6.81. The molecule has 3 aromatic carbocycles. The highest BCUT2D eigenvalue weighted by atomic mass is 16.5. The lowest BCUT2D eigenvalue weighted by Gasteiger charge is -2.27. The standard InChI is InChI=1S/C29H23NO6/c1-30-15-16(20-13-17(33-2)8-10-22(20)30)12-25-28(32)19-9-11-24-27(29(19)36-25)21(14-26(31)35-24)18-6-4-5-7-23(18)34-3/h4-13,15,21H,14H2,1-3H3/b25-12-/t21-/m1/s1. The van der Waals surface area contributed by atoms with Crippen LogP contribution in [0.1, 0.15) is 39.4 Å². The molecule has 7 heteroatoms. The van der Waals surface area contributed by atoms with Crippen molar-refractivity contribution in [1.82, 2.24) is 4.57 Å². The van der Waals surface area contributed by atoms with Crippen LogP contribution in [-0.4, -0.2) is 30.5 Å². The van der Waals surface area contributed by atoms with E-state index in [1.807, 2.05) is 60.3 Å². The first-order valence-electron chi connectivity index (χ1n) is 11.6. The van der Waals surface area contributed by atoms with Crippen LogP contribution in [0.3, 0.4) is 0 Å². The monoisotopic (exact) mass is 481 g/mol. The Morgan fingerprint density at radius 1 is 1.00 bits per heavy atom. The molecule has 3 heterocycles. The molecular formula is C29H23NO6. The quantitative estimate of drug-likeness (QED) is 0.225. The van der Waals surface area contributed by atoms with E-state index in [4.69, 9.17) is 18.9 Å². The third-order valence-corrected chi connectivity index (χ3v) is 6.81. The van der Waals surface area contributed by atoms with Crippen molar-refractivity contribution in [2.24, 2.45) is 7.05 Å². The summed E-state index contributed by atoms with van der Waals surface area (Å²) in [7, 11) is 5.17. The number of aryl methyl sites for hydroxylation is 1. The van der Waals surface area contributed by atoms with Gasteiger partial charge in [-0.05, 0) is 42.5 Å². The number of benzene rings is 3. The summed E-state index contributed by atoms with van der Waals surface area (Å²) in [6.07, 6.45) is 3.82. The zero-order valence-electron chi connectivity index (χ0n) is 20.0. The van der Waals surface area contributed by atoms with Crippen LogP contribution in [0.2, 0.25) is 0 Å². The number of ketones is 1. The van der Waals surface area contributed by atoms with Crippen LogP contribution in [0.15, 0.2) is 66.6 Å². The molecule has 4 aromatic rings. The number of para-hydroxylation sites is 1. The molecule has 6 rings (SSSR count). The molecule has 0 radical (unpaired) electrons. The molecule has 1 aromatic heterocycles. The van der Waals surface area contributed by atoms with E-state index in [0.29, 0.717) is 28.4 Å². The SMILES string of the molecule is COc1ccc2c(c1)c(/C=C1\Oc3c(ccc4c3[C@@H](c3ccccc3OC)CC(=O)O4)C1=O)cn2C. The van der Waals surface area contributed by atoms with Crippen LogP contribution in [-0.2, 0) is 11.8 Å². The average molecular weight is 482 g/mol. The average Bonchev–Trinajstić information content (AvgIpc) is 3.38. The van der Waals surface area contributed by atoms with E-state index in [1.54, 1.807) is 32.4 Å². The Balaban J connectivity index is 1.48. The van der Waals surface area contributed by atoms with Gasteiger partial charge < -0.3 is 23.5 Å². The smallest absolute Gasteiger partial charge is 0.312 e. The molecular weight excluding hydrogens is 458 g/mol. The minimum absolute atomic E-state index is 0.115. The van der Waals surface area contributed by atoms with Gasteiger partial charge in [-0.25, -0.2) is 0 Å². The van der Waals surface area contributed by atoms with Gasteiger partial charge in [-0.15, -0.1) is 0 Å². The molecule has 0 unspecified atom stereocenters. The van der Waals surface area contributed by atoms with Gasteiger partial charge in [-0.1, -0.05) is 18.2 Å². The zero-order valence-corrected chi connectivity index (χ0v) is 20.0. The number of nitrogens with zero attached hydrogens (tertiary/aromatic N) is 1. The van der Waals surface area contributed by atoms with Crippen molar-refractivity contribution in [1.29, 1.82) is 0 Å². The van der Waals surface area contributed by atoms with Gasteiger partial charge in [-0.3, -0.25) is 9.59 Å². The lowest BCUT2D eigenvalue weighted by molar-refractivity contribution is -0.135. The van der Waals surface area contributed by atoms with E-state index < -0.39 is 0 Å². The van der Waals surface area contributed by atoms with E-state index in [2.05, 4.69) is 0 Å². The number of ether oxygens (including phenoxy) is 4. The molecule has 1 atom stereocenters. The van der Waals surface area contributed by atoms with Gasteiger partial charge in [0.25, 0.3) is 0 Å². The van der Waals surface area contributed by atoms with Gasteiger partial charge in [0, 0.05) is 46.8 Å². The summed E-state index contributed by atoms with van der Waals surface area (Å²) in [5, 5.41) is 0.944. The minimum atomic E-state index is -0.374. The van der Waals surface area contributed by atoms with Crippen LogP contribution in [0.5, 0.6) is 23.0 Å². The summed E-state index contributed by atoms with van der Waals surface area (Å²) in [5.74, 6) is 1.48. The second kappa shape index (κ2) is 8.30. The summed E-state index contributed by atoms with van der Waals surface area (Å²) in [6.45, 7) is 0. The summed E-state index contributed by atoms with van der Waals surface area (Å²) < 4.78 is 24.7. The van der Waals surface area contributed by atoms with Crippen LogP contribution in [0, 0.1) is 0 Å². The zero-order chi connectivity index (χ0) is 25.0. The first-order chi connectivity index (χ1) is 17.5. The highest BCUT2D eigenvalue weighted by Crippen LogP contribution is 2.50. The lowest BCUT2D eigenvalue weighted by atomic mass is 9.84. The van der Waals surface area contributed by atoms with Crippen LogP contribution >= 0.6 is 0 Å². The molecule has 0 saturated heterocycles. The number of allylic oxidation sites excluding steroid dienone is 1. The van der Waals surface area contributed by atoms with Gasteiger partial charge in [0.1, 0.15) is 23.0 Å². The maximum absolute atomic E-state index is 13.4. The number of fused-ring (bicyclic) bond motifs is 4. The normalized spacial score (nSPS) is 17.5. The maximum Gasteiger partial charge on any atom is 0.312 e. The van der Waals surface area contributed by atoms with Gasteiger partial charge in [0.05, 0.1) is 26.2 Å². The van der Waals surface area contributed by atoms with Crippen LogP contribution in [0.25, 0.3) is 17.0 Å². The van der Waals surface area contributed by atoms with E-state index in [0.717, 1.165) is 27.8 Å². The van der Waals surface area contributed by atoms with E-state index in [1.165, 1.54) is 0 Å². The number of carbonyl (C=O) groups is 2. The maximum atomic E-state index is 13.4. The van der Waals surface area contributed by atoms with Gasteiger partial charge in [0.15, 0.2) is 5.76 Å². The number of aromatic nitrogens is 1. The predicted molar refractivity (Wildman–Crippen MR) is 134 cm³/mol. The number of hydrogen-bond acceptors (Lipinski definition) is 6. The number of methoxy groups -OCH3 is 2. The fourth-order valence-corrected chi connectivity index (χ4v) is 5.11. The second-order valence-electron chi connectivity index (χ2n) is 8.84. The van der Waals surface area contributed by atoms with E-state index >= 15 is 0 Å². The first kappa shape index (κ1) is 22.0. The summed E-state index contributed by atoms with van der Waals surface area (Å²) in [5.41, 5.74) is 3.79. The topological polar surface area (TPSA) is 76.0 Å². The Hall–Kier alpha value is -4.52. The number of carbonyl (C=O) groups excluding carboxylic acids is 2. The minimum Gasteiger partial charge on any atom is -0.497 e. The van der Waals surface area contributed by atoms with Crippen molar-refractivity contribution in [3.05, 3.63) is 88.8 Å². The van der Waals surface area contributed by atoms with Crippen molar-refractivity contribution in [2.75, 3.05) is 14.2 Å². The molecule has 0 amide bonds. The second-order valence-corrected chi connectivity index (χ2v) is 8.84.